The number of nitrogens with zero attached hydrogens (tertiary/aromatic N) is 3. The molecule has 0 bridgehead atoms. The number of carbonyl (C=O) groups excluding carboxylic acids is 2. The van der Waals surface area contributed by atoms with Crippen LogP contribution in [0.4, 0.5) is 8.78 Å². The highest BCUT2D eigenvalue weighted by atomic mass is 19.1. The number of amides is 2. The summed E-state index contributed by atoms with van der Waals surface area (Å²) >= 11 is 0. The lowest BCUT2D eigenvalue weighted by Crippen LogP contribution is -2.29. The summed E-state index contributed by atoms with van der Waals surface area (Å²) in [4.78, 5) is 24.7. The van der Waals surface area contributed by atoms with Crippen LogP contribution in [0.15, 0.2) is 30.5 Å². The van der Waals surface area contributed by atoms with Gasteiger partial charge < -0.3 is 0 Å². The molecule has 0 radical (unpaired) electrons. The van der Waals surface area contributed by atoms with Crippen molar-refractivity contribution in [3.63, 3.8) is 0 Å². The maximum Gasteiger partial charge on any atom is 0.232 e. The van der Waals surface area contributed by atoms with E-state index in [1.807, 2.05) is 0 Å². The van der Waals surface area contributed by atoms with E-state index in [1.165, 1.54) is 18.3 Å². The minimum atomic E-state index is -0.739. The normalized spacial score (nSPS) is 18.3. The van der Waals surface area contributed by atoms with Crippen molar-refractivity contribution in [1.82, 2.24) is 14.7 Å². The van der Waals surface area contributed by atoms with E-state index in [-0.39, 0.29) is 36.4 Å². The van der Waals surface area contributed by atoms with Gasteiger partial charge in [-0.15, -0.1) is 0 Å². The Hall–Kier alpha value is -2.57. The van der Waals surface area contributed by atoms with Crippen LogP contribution in [0.2, 0.25) is 0 Å². The topological polar surface area (TPSA) is 55.2 Å². The van der Waals surface area contributed by atoms with Crippen LogP contribution in [-0.4, -0.2) is 26.5 Å². The molecule has 0 aliphatic carbocycles. The molecule has 0 spiro atoms. The van der Waals surface area contributed by atoms with Gasteiger partial charge in [0.25, 0.3) is 0 Å². The van der Waals surface area contributed by atoms with E-state index < -0.39 is 11.6 Å². The summed E-state index contributed by atoms with van der Waals surface area (Å²) in [5.74, 6) is -2.33. The molecule has 2 amide bonds. The van der Waals surface area contributed by atoms with E-state index in [1.54, 1.807) is 6.92 Å². The molecule has 1 unspecified atom stereocenters. The number of hydrogen-bond acceptors (Lipinski definition) is 3. The van der Waals surface area contributed by atoms with Crippen molar-refractivity contribution in [3.8, 4) is 5.69 Å². The first kappa shape index (κ1) is 14.4. The van der Waals surface area contributed by atoms with Crippen molar-refractivity contribution in [1.29, 1.82) is 0 Å². The molecule has 1 aromatic heterocycles. The maximum absolute atomic E-state index is 13.7. The first-order chi connectivity index (χ1) is 10.5. The van der Waals surface area contributed by atoms with Crippen LogP contribution in [0.25, 0.3) is 5.69 Å². The van der Waals surface area contributed by atoms with E-state index >= 15 is 0 Å². The van der Waals surface area contributed by atoms with E-state index in [4.69, 9.17) is 0 Å². The molecule has 1 saturated heterocycles. The zero-order chi connectivity index (χ0) is 15.9. The molecule has 114 valence electrons. The Morgan fingerprint density at radius 2 is 1.91 bits per heavy atom. The Kier molecular flexibility index (Phi) is 3.48. The molecule has 0 saturated carbocycles. The van der Waals surface area contributed by atoms with Gasteiger partial charge in [-0.2, -0.15) is 5.10 Å². The summed E-state index contributed by atoms with van der Waals surface area (Å²) in [5.41, 5.74) is 0.0969. The van der Waals surface area contributed by atoms with Gasteiger partial charge in [0.1, 0.15) is 5.69 Å². The largest absolute Gasteiger partial charge is 0.276 e. The fourth-order valence-corrected chi connectivity index (χ4v) is 2.45. The first-order valence-electron chi connectivity index (χ1n) is 6.80. The quantitative estimate of drug-likeness (QED) is 0.816. The highest BCUT2D eigenvalue weighted by Crippen LogP contribution is 2.22. The third-order valence-corrected chi connectivity index (χ3v) is 3.60. The predicted molar refractivity (Wildman–Crippen MR) is 72.8 cm³/mol. The van der Waals surface area contributed by atoms with Gasteiger partial charge in [0, 0.05) is 18.5 Å². The van der Waals surface area contributed by atoms with Crippen LogP contribution < -0.4 is 0 Å². The lowest BCUT2D eigenvalue weighted by molar-refractivity contribution is -0.140. The van der Waals surface area contributed by atoms with Crippen molar-refractivity contribution < 1.29 is 18.4 Å². The lowest BCUT2D eigenvalue weighted by Gasteiger charge is -2.12. The average molecular weight is 305 g/mol. The summed E-state index contributed by atoms with van der Waals surface area (Å²) in [7, 11) is 0. The Morgan fingerprint density at radius 3 is 2.50 bits per heavy atom. The first-order valence-corrected chi connectivity index (χ1v) is 6.80. The molecular weight excluding hydrogens is 292 g/mol. The lowest BCUT2D eigenvalue weighted by atomic mass is 10.1. The van der Waals surface area contributed by atoms with Gasteiger partial charge in [-0.3, -0.25) is 14.5 Å². The Balaban J connectivity index is 1.86. The molecule has 1 aromatic carbocycles. The third kappa shape index (κ3) is 2.38. The maximum atomic E-state index is 13.7. The van der Waals surface area contributed by atoms with E-state index in [0.717, 1.165) is 21.7 Å². The Bertz CT molecular complexity index is 737. The van der Waals surface area contributed by atoms with Crippen LogP contribution in [0.1, 0.15) is 19.0 Å². The monoisotopic (exact) mass is 305 g/mol. The number of rotatable bonds is 3. The van der Waals surface area contributed by atoms with Crippen molar-refractivity contribution >= 4 is 11.8 Å². The molecule has 1 fully saturated rings. The standard InChI is InChI=1S/C15H13F2N3O2/c1-9-7-13(21)19(15(9)22)8-10-5-6-20(18-10)14-11(16)3-2-4-12(14)17/h2-6,9H,7-8H2,1H3. The van der Waals surface area contributed by atoms with Crippen molar-refractivity contribution in [2.45, 2.75) is 19.9 Å². The van der Waals surface area contributed by atoms with Gasteiger partial charge in [-0.1, -0.05) is 13.0 Å². The van der Waals surface area contributed by atoms with Crippen LogP contribution in [0.3, 0.4) is 0 Å². The van der Waals surface area contributed by atoms with Crippen molar-refractivity contribution in [2.75, 3.05) is 0 Å². The van der Waals surface area contributed by atoms with Gasteiger partial charge in [0.2, 0.25) is 11.8 Å². The zero-order valence-corrected chi connectivity index (χ0v) is 11.8. The number of imide groups is 1. The number of para-hydroxylation sites is 1. The van der Waals surface area contributed by atoms with Crippen molar-refractivity contribution in [3.05, 3.63) is 47.8 Å². The SMILES string of the molecule is CC1CC(=O)N(Cc2ccn(-c3c(F)cccc3F)n2)C1=O. The van der Waals surface area contributed by atoms with Gasteiger partial charge in [0.05, 0.1) is 12.2 Å². The van der Waals surface area contributed by atoms with Crippen LogP contribution in [0, 0.1) is 17.6 Å². The third-order valence-electron chi connectivity index (χ3n) is 3.60. The fourth-order valence-electron chi connectivity index (χ4n) is 2.45. The zero-order valence-electron chi connectivity index (χ0n) is 11.8. The van der Waals surface area contributed by atoms with Crippen LogP contribution in [0.5, 0.6) is 0 Å². The van der Waals surface area contributed by atoms with Gasteiger partial charge in [-0.05, 0) is 18.2 Å². The Morgan fingerprint density at radius 1 is 1.23 bits per heavy atom. The second-order valence-electron chi connectivity index (χ2n) is 5.25. The molecule has 22 heavy (non-hydrogen) atoms. The Labute approximate surface area is 125 Å². The molecule has 1 aliphatic heterocycles. The van der Waals surface area contributed by atoms with E-state index in [0.29, 0.717) is 5.69 Å². The number of likely N-dealkylation sites (tertiary alicyclic amines) is 1. The molecule has 5 nitrogen and oxygen atoms in total. The second kappa shape index (κ2) is 5.32. The van der Waals surface area contributed by atoms with Gasteiger partial charge in [0.15, 0.2) is 11.6 Å². The molecule has 1 aliphatic rings. The van der Waals surface area contributed by atoms with Gasteiger partial charge >= 0.3 is 0 Å². The predicted octanol–water partition coefficient (Wildman–Crippen LogP) is 2.05. The smallest absolute Gasteiger partial charge is 0.232 e. The molecule has 7 heteroatoms. The number of benzene rings is 1. The summed E-state index contributed by atoms with van der Waals surface area (Å²) in [5, 5.41) is 4.05. The summed E-state index contributed by atoms with van der Waals surface area (Å²) < 4.78 is 28.5. The van der Waals surface area contributed by atoms with Gasteiger partial charge in [-0.25, -0.2) is 13.5 Å². The van der Waals surface area contributed by atoms with Crippen LogP contribution >= 0.6 is 0 Å². The number of halogens is 2. The number of aromatic nitrogens is 2. The molecular formula is C15H13F2N3O2. The highest BCUT2D eigenvalue weighted by Gasteiger charge is 2.35. The van der Waals surface area contributed by atoms with Crippen molar-refractivity contribution in [2.24, 2.45) is 5.92 Å². The summed E-state index contributed by atoms with van der Waals surface area (Å²) in [6.45, 7) is 1.69. The molecule has 1 atom stereocenters. The fraction of sp³-hybridized carbons (Fsp3) is 0.267. The number of carbonyl (C=O) groups is 2. The molecule has 2 heterocycles. The molecule has 3 rings (SSSR count). The molecule has 0 N–H and O–H groups in total. The second-order valence-corrected chi connectivity index (χ2v) is 5.25. The minimum Gasteiger partial charge on any atom is -0.276 e. The van der Waals surface area contributed by atoms with E-state index in [2.05, 4.69) is 5.10 Å². The number of hydrogen-bond donors (Lipinski definition) is 0. The molecule has 2 aromatic rings. The minimum absolute atomic E-state index is 0.00504. The van der Waals surface area contributed by atoms with E-state index in [9.17, 15) is 18.4 Å². The van der Waals surface area contributed by atoms with Crippen LogP contribution in [-0.2, 0) is 16.1 Å². The highest BCUT2D eigenvalue weighted by molar-refractivity contribution is 6.03. The summed E-state index contributed by atoms with van der Waals surface area (Å²) in [6.07, 6.45) is 1.58. The average Bonchev–Trinajstić information content (AvgIpc) is 3.00. The summed E-state index contributed by atoms with van der Waals surface area (Å²) in [6, 6.07) is 5.06.